The van der Waals surface area contributed by atoms with E-state index in [1.807, 2.05) is 0 Å². The SMILES string of the molecule is Cc1ccc(C(Oc2ccc(CN(C)S(=O)(=O)c3ccc(F)cc3)cc2)C(=O)O)cc1S(C)(=O)=O. The number of sulfone groups is 1. The molecule has 0 bridgehead atoms. The fourth-order valence-electron chi connectivity index (χ4n) is 3.38. The molecule has 8 nitrogen and oxygen atoms in total. The van der Waals surface area contributed by atoms with E-state index in [-0.39, 0.29) is 27.6 Å². The molecule has 0 amide bonds. The van der Waals surface area contributed by atoms with Crippen LogP contribution in [0, 0.1) is 12.7 Å². The summed E-state index contributed by atoms with van der Waals surface area (Å²) in [5.74, 6) is -1.64. The minimum atomic E-state index is -3.84. The van der Waals surface area contributed by atoms with Gasteiger partial charge in [0.25, 0.3) is 0 Å². The average molecular weight is 522 g/mol. The van der Waals surface area contributed by atoms with Gasteiger partial charge in [-0.15, -0.1) is 0 Å². The third-order valence-electron chi connectivity index (χ3n) is 5.24. The van der Waals surface area contributed by atoms with Crippen LogP contribution in [0.4, 0.5) is 4.39 Å². The minimum absolute atomic E-state index is 0.0119. The summed E-state index contributed by atoms with van der Waals surface area (Å²) in [6.07, 6.45) is -0.412. The largest absolute Gasteiger partial charge is 0.478 e. The Kier molecular flexibility index (Phi) is 7.63. The van der Waals surface area contributed by atoms with E-state index < -0.39 is 37.8 Å². The molecule has 1 atom stereocenters. The zero-order valence-electron chi connectivity index (χ0n) is 19.2. The Morgan fingerprint density at radius 2 is 1.60 bits per heavy atom. The summed E-state index contributed by atoms with van der Waals surface area (Å²) in [7, 11) is -6.01. The normalized spacial score (nSPS) is 12.9. The molecule has 0 spiro atoms. The smallest absolute Gasteiger partial charge is 0.349 e. The highest BCUT2D eigenvalue weighted by Crippen LogP contribution is 2.27. The molecule has 0 saturated heterocycles. The van der Waals surface area contributed by atoms with Crippen LogP contribution < -0.4 is 4.74 Å². The summed E-state index contributed by atoms with van der Waals surface area (Å²) < 4.78 is 69.2. The molecular formula is C24H24FNO7S2. The first-order chi connectivity index (χ1) is 16.3. The second-order valence-corrected chi connectivity index (χ2v) is 12.0. The van der Waals surface area contributed by atoms with E-state index in [2.05, 4.69) is 0 Å². The maximum Gasteiger partial charge on any atom is 0.349 e. The molecule has 0 aliphatic heterocycles. The Labute approximate surface area is 203 Å². The lowest BCUT2D eigenvalue weighted by Crippen LogP contribution is -2.26. The van der Waals surface area contributed by atoms with Crippen LogP contribution in [-0.2, 0) is 31.2 Å². The first kappa shape index (κ1) is 26.3. The summed E-state index contributed by atoms with van der Waals surface area (Å²) in [4.78, 5) is 11.8. The topological polar surface area (TPSA) is 118 Å². The van der Waals surface area contributed by atoms with Gasteiger partial charge in [-0.25, -0.2) is 26.0 Å². The van der Waals surface area contributed by atoms with E-state index in [9.17, 15) is 31.1 Å². The van der Waals surface area contributed by atoms with E-state index in [0.29, 0.717) is 11.1 Å². The quantitative estimate of drug-likeness (QED) is 0.457. The van der Waals surface area contributed by atoms with E-state index >= 15 is 0 Å². The molecule has 3 aromatic rings. The molecule has 35 heavy (non-hydrogen) atoms. The molecule has 186 valence electrons. The van der Waals surface area contributed by atoms with Crippen LogP contribution >= 0.6 is 0 Å². The molecule has 0 aliphatic rings. The Morgan fingerprint density at radius 1 is 1.00 bits per heavy atom. The minimum Gasteiger partial charge on any atom is -0.478 e. The summed E-state index contributed by atoms with van der Waals surface area (Å²) in [5, 5.41) is 9.67. The van der Waals surface area contributed by atoms with E-state index in [4.69, 9.17) is 4.74 Å². The highest BCUT2D eigenvalue weighted by Gasteiger charge is 2.25. The molecule has 3 aromatic carbocycles. The lowest BCUT2D eigenvalue weighted by atomic mass is 10.1. The van der Waals surface area contributed by atoms with E-state index in [0.717, 1.165) is 22.7 Å². The van der Waals surface area contributed by atoms with Gasteiger partial charge in [0.2, 0.25) is 16.1 Å². The second-order valence-electron chi connectivity index (χ2n) is 7.99. The number of aryl methyl sites for hydroxylation is 1. The van der Waals surface area contributed by atoms with Gasteiger partial charge < -0.3 is 9.84 Å². The average Bonchev–Trinajstić information content (AvgIpc) is 2.78. The van der Waals surface area contributed by atoms with Gasteiger partial charge in [0.1, 0.15) is 11.6 Å². The molecule has 11 heteroatoms. The van der Waals surface area contributed by atoms with Crippen molar-refractivity contribution in [3.05, 3.63) is 89.2 Å². The van der Waals surface area contributed by atoms with Gasteiger partial charge in [-0.3, -0.25) is 0 Å². The molecule has 1 unspecified atom stereocenters. The lowest BCUT2D eigenvalue weighted by Gasteiger charge is -2.19. The fraction of sp³-hybridized carbons (Fsp3) is 0.208. The van der Waals surface area contributed by atoms with E-state index in [1.165, 1.54) is 49.5 Å². The second kappa shape index (κ2) is 10.1. The maximum atomic E-state index is 13.1. The monoisotopic (exact) mass is 521 g/mol. The predicted octanol–water partition coefficient (Wildman–Crippen LogP) is 3.56. The number of carbonyl (C=O) groups is 1. The number of ether oxygens (including phenoxy) is 1. The molecule has 0 heterocycles. The molecule has 1 N–H and O–H groups in total. The number of carboxylic acid groups (broad SMARTS) is 1. The molecule has 0 fully saturated rings. The third kappa shape index (κ3) is 6.24. The number of hydrogen-bond acceptors (Lipinski definition) is 6. The van der Waals surface area contributed by atoms with Crippen molar-refractivity contribution in [1.82, 2.24) is 4.31 Å². The van der Waals surface area contributed by atoms with Crippen LogP contribution in [0.3, 0.4) is 0 Å². The van der Waals surface area contributed by atoms with Crippen molar-refractivity contribution in [1.29, 1.82) is 0 Å². The van der Waals surface area contributed by atoms with Crippen molar-refractivity contribution in [2.24, 2.45) is 0 Å². The Bertz CT molecular complexity index is 1440. The standard InChI is InChI=1S/C24H24FNO7S2/c1-16-4-7-18(14-22(16)34(3,29)30)23(24(27)28)33-20-10-5-17(6-11-20)15-26(2)35(31,32)21-12-8-19(25)9-13-21/h4-14,23H,15H2,1-3H3,(H,27,28). The Morgan fingerprint density at radius 3 is 2.14 bits per heavy atom. The molecule has 0 radical (unpaired) electrons. The third-order valence-corrected chi connectivity index (χ3v) is 8.30. The van der Waals surface area contributed by atoms with Gasteiger partial charge in [0.15, 0.2) is 9.84 Å². The van der Waals surface area contributed by atoms with Gasteiger partial charge in [-0.2, -0.15) is 4.31 Å². The first-order valence-electron chi connectivity index (χ1n) is 10.3. The van der Waals surface area contributed by atoms with E-state index in [1.54, 1.807) is 19.1 Å². The number of hydrogen-bond donors (Lipinski definition) is 1. The number of rotatable bonds is 9. The maximum absolute atomic E-state index is 13.1. The highest BCUT2D eigenvalue weighted by atomic mass is 32.2. The van der Waals surface area contributed by atoms with Gasteiger partial charge >= 0.3 is 5.97 Å². The summed E-state index contributed by atoms with van der Waals surface area (Å²) in [6, 6.07) is 15.0. The number of sulfonamides is 1. The molecular weight excluding hydrogens is 497 g/mol. The number of nitrogens with zero attached hydrogens (tertiary/aromatic N) is 1. The Balaban J connectivity index is 1.78. The van der Waals surface area contributed by atoms with Gasteiger partial charge in [-0.1, -0.05) is 24.3 Å². The summed E-state index contributed by atoms with van der Waals surface area (Å²) >= 11 is 0. The van der Waals surface area contributed by atoms with Gasteiger partial charge in [0.05, 0.1) is 9.79 Å². The van der Waals surface area contributed by atoms with Crippen molar-refractivity contribution < 1.29 is 35.9 Å². The van der Waals surface area contributed by atoms with Gasteiger partial charge in [0, 0.05) is 25.4 Å². The molecule has 3 rings (SSSR count). The molecule has 0 aliphatic carbocycles. The number of aliphatic carboxylic acids is 1. The van der Waals surface area contributed by atoms with Crippen molar-refractivity contribution in [2.45, 2.75) is 29.4 Å². The summed E-state index contributed by atoms with van der Waals surface area (Å²) in [6.45, 7) is 1.63. The number of halogens is 1. The number of carboxylic acids is 1. The summed E-state index contributed by atoms with van der Waals surface area (Å²) in [5.41, 5.74) is 1.26. The Hall–Kier alpha value is -3.28. The van der Waals surface area contributed by atoms with Gasteiger partial charge in [-0.05, 0) is 60.5 Å². The van der Waals surface area contributed by atoms with Crippen molar-refractivity contribution in [3.8, 4) is 5.75 Å². The van der Waals surface area contributed by atoms with Crippen molar-refractivity contribution in [3.63, 3.8) is 0 Å². The van der Waals surface area contributed by atoms with Crippen molar-refractivity contribution >= 4 is 25.8 Å². The first-order valence-corrected chi connectivity index (χ1v) is 13.6. The molecule has 0 aromatic heterocycles. The van der Waals surface area contributed by atoms with Crippen LogP contribution in [0.5, 0.6) is 5.75 Å². The zero-order chi connectivity index (χ0) is 26.0. The van der Waals surface area contributed by atoms with Crippen LogP contribution in [0.15, 0.2) is 76.5 Å². The molecule has 0 saturated carbocycles. The van der Waals surface area contributed by atoms with Crippen LogP contribution in [0.1, 0.15) is 22.8 Å². The van der Waals surface area contributed by atoms with Crippen LogP contribution in [0.25, 0.3) is 0 Å². The van der Waals surface area contributed by atoms with Crippen molar-refractivity contribution in [2.75, 3.05) is 13.3 Å². The van der Waals surface area contributed by atoms with Crippen LogP contribution in [-0.4, -0.2) is 45.5 Å². The number of benzene rings is 3. The highest BCUT2D eigenvalue weighted by molar-refractivity contribution is 7.90. The fourth-order valence-corrected chi connectivity index (χ4v) is 5.54. The van der Waals surface area contributed by atoms with Crippen LogP contribution in [0.2, 0.25) is 0 Å². The lowest BCUT2D eigenvalue weighted by molar-refractivity contribution is -0.145. The predicted molar refractivity (Wildman–Crippen MR) is 127 cm³/mol. The zero-order valence-corrected chi connectivity index (χ0v) is 20.8.